The summed E-state index contributed by atoms with van der Waals surface area (Å²) in [5.41, 5.74) is 0. The maximum Gasteiger partial charge on any atom is 0.226 e. The fraction of sp³-hybridized carbons (Fsp3) is 0.923. The first-order valence-electron chi connectivity index (χ1n) is 6.61. The number of hydrogen-bond acceptors (Lipinski definition) is 2. The number of carbonyl (C=O) groups is 1. The van der Waals surface area contributed by atoms with Gasteiger partial charge in [0.2, 0.25) is 5.91 Å². The molecule has 16 heavy (non-hydrogen) atoms. The molecule has 0 unspecified atom stereocenters. The quantitative estimate of drug-likeness (QED) is 0.737. The van der Waals surface area contributed by atoms with Gasteiger partial charge in [-0.15, -0.1) is 0 Å². The summed E-state index contributed by atoms with van der Waals surface area (Å²) in [5.74, 6) is 2.44. The molecule has 4 atom stereocenters. The van der Waals surface area contributed by atoms with Crippen LogP contribution in [0.15, 0.2) is 0 Å². The summed E-state index contributed by atoms with van der Waals surface area (Å²) in [7, 11) is 0. The van der Waals surface area contributed by atoms with E-state index in [4.69, 9.17) is 0 Å². The van der Waals surface area contributed by atoms with Crippen LogP contribution < -0.4 is 0 Å². The van der Waals surface area contributed by atoms with Gasteiger partial charge in [-0.3, -0.25) is 4.79 Å². The minimum Gasteiger partial charge on any atom is -0.342 e. The van der Waals surface area contributed by atoms with Gasteiger partial charge in [0.25, 0.3) is 0 Å². The minimum atomic E-state index is 0.384. The second-order valence-electron chi connectivity index (χ2n) is 5.65. The van der Waals surface area contributed by atoms with Crippen LogP contribution in [0, 0.1) is 17.8 Å². The number of thioether (sulfide) groups is 1. The van der Waals surface area contributed by atoms with Crippen molar-refractivity contribution in [3.8, 4) is 0 Å². The topological polar surface area (TPSA) is 20.3 Å². The normalized spacial score (nSPS) is 41.9. The summed E-state index contributed by atoms with van der Waals surface area (Å²) in [6.45, 7) is 2.05. The lowest BCUT2D eigenvalue weighted by Gasteiger charge is -2.30. The maximum absolute atomic E-state index is 12.4. The van der Waals surface area contributed by atoms with E-state index in [1.54, 1.807) is 0 Å². The van der Waals surface area contributed by atoms with Gasteiger partial charge in [-0.05, 0) is 50.2 Å². The molecule has 3 aliphatic rings. The van der Waals surface area contributed by atoms with Gasteiger partial charge in [-0.2, -0.15) is 11.8 Å². The van der Waals surface area contributed by atoms with Gasteiger partial charge in [0, 0.05) is 24.3 Å². The number of fused-ring (bicyclic) bond motifs is 2. The fourth-order valence-corrected chi connectivity index (χ4v) is 5.13. The van der Waals surface area contributed by atoms with Crippen molar-refractivity contribution in [2.45, 2.75) is 37.4 Å². The highest BCUT2D eigenvalue weighted by Gasteiger charge is 2.49. The van der Waals surface area contributed by atoms with E-state index in [1.165, 1.54) is 32.1 Å². The Morgan fingerprint density at radius 2 is 1.94 bits per heavy atom. The minimum absolute atomic E-state index is 0.384. The lowest BCUT2D eigenvalue weighted by molar-refractivity contribution is -0.136. The van der Waals surface area contributed by atoms with Crippen LogP contribution in [0.3, 0.4) is 0 Å². The number of carbonyl (C=O) groups excluding carboxylic acids is 1. The van der Waals surface area contributed by atoms with Gasteiger partial charge in [-0.1, -0.05) is 0 Å². The molecule has 2 aliphatic carbocycles. The molecule has 0 aromatic rings. The zero-order valence-electron chi connectivity index (χ0n) is 10.0. The summed E-state index contributed by atoms with van der Waals surface area (Å²) in [6, 6.07) is 0. The Kier molecular flexibility index (Phi) is 2.90. The Balaban J connectivity index is 1.69. The number of nitrogens with zero attached hydrogens (tertiary/aromatic N) is 1. The molecule has 3 heteroatoms. The zero-order valence-corrected chi connectivity index (χ0v) is 10.8. The van der Waals surface area contributed by atoms with Crippen molar-refractivity contribution in [2.24, 2.45) is 17.8 Å². The molecule has 0 aromatic carbocycles. The molecule has 1 amide bonds. The van der Waals surface area contributed by atoms with Crippen molar-refractivity contribution in [2.75, 3.05) is 19.3 Å². The molecule has 90 valence electrons. The number of likely N-dealkylation sites (tertiary alicyclic amines) is 1. The van der Waals surface area contributed by atoms with Crippen molar-refractivity contribution >= 4 is 17.7 Å². The van der Waals surface area contributed by atoms with Crippen molar-refractivity contribution in [1.29, 1.82) is 0 Å². The first-order chi connectivity index (χ1) is 7.79. The standard InChI is InChI=1S/C13H21NOS/c1-16-12-8-9-6-10(12)11(7-9)13(15)14-4-2-3-5-14/h9-12H,2-8H2,1H3/t9-,10+,11+,12+/m0/s1. The third-order valence-corrected chi connectivity index (χ3v) is 5.94. The smallest absolute Gasteiger partial charge is 0.226 e. The van der Waals surface area contributed by atoms with Crippen LogP contribution in [-0.4, -0.2) is 35.4 Å². The maximum atomic E-state index is 12.4. The second kappa shape index (κ2) is 4.25. The van der Waals surface area contributed by atoms with E-state index in [1.807, 2.05) is 11.8 Å². The van der Waals surface area contributed by atoms with Crippen LogP contribution in [0.5, 0.6) is 0 Å². The Hall–Kier alpha value is -0.180. The van der Waals surface area contributed by atoms with Crippen LogP contribution in [0.2, 0.25) is 0 Å². The molecule has 1 heterocycles. The highest BCUT2D eigenvalue weighted by Crippen LogP contribution is 2.52. The van der Waals surface area contributed by atoms with Gasteiger partial charge >= 0.3 is 0 Å². The number of rotatable bonds is 2. The van der Waals surface area contributed by atoms with Crippen molar-refractivity contribution in [3.63, 3.8) is 0 Å². The Morgan fingerprint density at radius 1 is 1.19 bits per heavy atom. The average molecular weight is 239 g/mol. The van der Waals surface area contributed by atoms with E-state index in [0.717, 1.165) is 24.3 Å². The first-order valence-corrected chi connectivity index (χ1v) is 7.90. The summed E-state index contributed by atoms with van der Waals surface area (Å²) in [4.78, 5) is 14.5. The highest BCUT2D eigenvalue weighted by atomic mass is 32.2. The molecule has 0 N–H and O–H groups in total. The molecular formula is C13H21NOS. The average Bonchev–Trinajstić information content (AvgIpc) is 3.02. The molecular weight excluding hydrogens is 218 g/mol. The van der Waals surface area contributed by atoms with Gasteiger partial charge < -0.3 is 4.90 Å². The van der Waals surface area contributed by atoms with Crippen LogP contribution in [0.1, 0.15) is 32.1 Å². The monoisotopic (exact) mass is 239 g/mol. The van der Waals surface area contributed by atoms with Crippen LogP contribution in [0.4, 0.5) is 0 Å². The summed E-state index contributed by atoms with van der Waals surface area (Å²) in [6.07, 6.45) is 8.54. The fourth-order valence-electron chi connectivity index (χ4n) is 4.01. The van der Waals surface area contributed by atoms with E-state index in [0.29, 0.717) is 17.7 Å². The number of hydrogen-bond donors (Lipinski definition) is 0. The molecule has 2 saturated carbocycles. The Bertz CT molecular complexity index is 288. The summed E-state index contributed by atoms with van der Waals surface area (Å²) in [5, 5.41) is 0.773. The Morgan fingerprint density at radius 3 is 2.56 bits per heavy atom. The molecule has 2 bridgehead atoms. The highest BCUT2D eigenvalue weighted by molar-refractivity contribution is 7.99. The molecule has 2 nitrogen and oxygen atoms in total. The zero-order chi connectivity index (χ0) is 11.1. The predicted octanol–water partition coefficient (Wildman–Crippen LogP) is 2.39. The molecule has 0 radical (unpaired) electrons. The van der Waals surface area contributed by atoms with Crippen molar-refractivity contribution in [3.05, 3.63) is 0 Å². The second-order valence-corrected chi connectivity index (χ2v) is 6.73. The summed E-state index contributed by atoms with van der Waals surface area (Å²) < 4.78 is 0. The van der Waals surface area contributed by atoms with Gasteiger partial charge in [-0.25, -0.2) is 0 Å². The molecule has 3 fully saturated rings. The largest absolute Gasteiger partial charge is 0.342 e. The molecule has 0 spiro atoms. The van der Waals surface area contributed by atoms with E-state index >= 15 is 0 Å². The molecule has 3 rings (SSSR count). The van der Waals surface area contributed by atoms with Gasteiger partial charge in [0.1, 0.15) is 0 Å². The van der Waals surface area contributed by atoms with E-state index < -0.39 is 0 Å². The predicted molar refractivity (Wildman–Crippen MR) is 67.4 cm³/mol. The molecule has 1 saturated heterocycles. The number of amides is 1. The third kappa shape index (κ3) is 1.68. The lowest BCUT2D eigenvalue weighted by atomic mass is 9.87. The van der Waals surface area contributed by atoms with Crippen molar-refractivity contribution < 1.29 is 4.79 Å². The van der Waals surface area contributed by atoms with Gasteiger partial charge in [0.15, 0.2) is 0 Å². The lowest BCUT2D eigenvalue weighted by Crippen LogP contribution is -2.38. The molecule has 1 aliphatic heterocycles. The SMILES string of the molecule is CS[C@@H]1C[C@H]2C[C@@H]1[C@H](C(=O)N1CCCC1)C2. The first kappa shape index (κ1) is 10.9. The van der Waals surface area contributed by atoms with E-state index in [2.05, 4.69) is 11.2 Å². The van der Waals surface area contributed by atoms with Gasteiger partial charge in [0.05, 0.1) is 0 Å². The van der Waals surface area contributed by atoms with Crippen LogP contribution in [-0.2, 0) is 4.79 Å². The van der Waals surface area contributed by atoms with E-state index in [9.17, 15) is 4.79 Å². The van der Waals surface area contributed by atoms with Crippen LogP contribution in [0.25, 0.3) is 0 Å². The third-order valence-electron chi connectivity index (χ3n) is 4.79. The molecule has 0 aromatic heterocycles. The van der Waals surface area contributed by atoms with E-state index in [-0.39, 0.29) is 0 Å². The van der Waals surface area contributed by atoms with Crippen LogP contribution >= 0.6 is 11.8 Å². The van der Waals surface area contributed by atoms with Crippen molar-refractivity contribution in [1.82, 2.24) is 4.90 Å². The summed E-state index contributed by atoms with van der Waals surface area (Å²) >= 11 is 1.99. The Labute approximate surface area is 102 Å².